The third-order valence-corrected chi connectivity index (χ3v) is 6.17. The zero-order valence-electron chi connectivity index (χ0n) is 15.6. The van der Waals surface area contributed by atoms with Crippen LogP contribution in [0, 0.1) is 24.4 Å². The standard InChI is InChI=1S/C19H17F3N2O3S2/c1-3-27-15(26)5-4-14(25)24(19-10(2)6-7-28-19)9-13-23-17-16(22)11(20)8-12(21)18(17)29-13/h6-8H,3-5,9H2,1-2H3. The molecule has 0 spiro atoms. The molecule has 29 heavy (non-hydrogen) atoms. The molecule has 0 N–H and O–H groups in total. The van der Waals surface area contributed by atoms with Crippen LogP contribution in [0.15, 0.2) is 17.5 Å². The minimum atomic E-state index is -1.32. The Balaban J connectivity index is 1.90. The van der Waals surface area contributed by atoms with E-state index in [-0.39, 0.29) is 41.6 Å². The van der Waals surface area contributed by atoms with Gasteiger partial charge in [0, 0.05) is 12.5 Å². The molecule has 2 aromatic heterocycles. The van der Waals surface area contributed by atoms with Gasteiger partial charge >= 0.3 is 5.97 Å². The number of carbonyl (C=O) groups is 2. The number of hydrogen-bond acceptors (Lipinski definition) is 6. The average Bonchev–Trinajstić information content (AvgIpc) is 3.29. The molecule has 0 fully saturated rings. The Morgan fingerprint density at radius 3 is 2.62 bits per heavy atom. The number of hydrogen-bond donors (Lipinski definition) is 0. The van der Waals surface area contributed by atoms with Crippen LogP contribution in [0.2, 0.25) is 0 Å². The first-order valence-electron chi connectivity index (χ1n) is 8.74. The van der Waals surface area contributed by atoms with Gasteiger partial charge in [-0.3, -0.25) is 14.5 Å². The lowest BCUT2D eigenvalue weighted by Gasteiger charge is -2.21. The van der Waals surface area contributed by atoms with Gasteiger partial charge in [0.25, 0.3) is 0 Å². The fraction of sp³-hybridized carbons (Fsp3) is 0.316. The van der Waals surface area contributed by atoms with Gasteiger partial charge in [0.05, 0.1) is 24.3 Å². The maximum atomic E-state index is 14.0. The maximum Gasteiger partial charge on any atom is 0.306 e. The lowest BCUT2D eigenvalue weighted by atomic mass is 10.2. The van der Waals surface area contributed by atoms with Gasteiger partial charge in [-0.05, 0) is 30.9 Å². The van der Waals surface area contributed by atoms with Gasteiger partial charge in [0.1, 0.15) is 21.3 Å². The molecule has 3 aromatic rings. The molecule has 0 radical (unpaired) electrons. The number of aromatic nitrogens is 1. The van der Waals surface area contributed by atoms with Gasteiger partial charge in [-0.25, -0.2) is 18.2 Å². The van der Waals surface area contributed by atoms with Gasteiger partial charge in [-0.1, -0.05) is 0 Å². The van der Waals surface area contributed by atoms with Crippen LogP contribution < -0.4 is 4.90 Å². The number of amides is 1. The van der Waals surface area contributed by atoms with Gasteiger partial charge in [0.15, 0.2) is 11.6 Å². The lowest BCUT2D eigenvalue weighted by Crippen LogP contribution is -2.30. The Bertz CT molecular complexity index is 1060. The summed E-state index contributed by atoms with van der Waals surface area (Å²) in [6.07, 6.45) is -0.166. The summed E-state index contributed by atoms with van der Waals surface area (Å²) in [5, 5.41) is 2.70. The number of carbonyl (C=O) groups excluding carboxylic acids is 2. The van der Waals surface area contributed by atoms with Crippen molar-refractivity contribution in [3.63, 3.8) is 0 Å². The van der Waals surface area contributed by atoms with Crippen molar-refractivity contribution in [1.82, 2.24) is 4.98 Å². The van der Waals surface area contributed by atoms with Crippen molar-refractivity contribution in [1.29, 1.82) is 0 Å². The molecular formula is C19H17F3N2O3S2. The van der Waals surface area contributed by atoms with Crippen LogP contribution in [0.5, 0.6) is 0 Å². The second-order valence-corrected chi connectivity index (χ2v) is 8.11. The molecule has 5 nitrogen and oxygen atoms in total. The highest BCUT2D eigenvalue weighted by Crippen LogP contribution is 2.33. The summed E-state index contributed by atoms with van der Waals surface area (Å²) in [4.78, 5) is 29.8. The Kier molecular flexibility index (Phi) is 6.53. The molecule has 0 bridgehead atoms. The zero-order valence-corrected chi connectivity index (χ0v) is 17.3. The van der Waals surface area contributed by atoms with E-state index in [1.54, 1.807) is 6.92 Å². The number of aryl methyl sites for hydroxylation is 1. The monoisotopic (exact) mass is 442 g/mol. The van der Waals surface area contributed by atoms with E-state index >= 15 is 0 Å². The summed E-state index contributed by atoms with van der Waals surface area (Å²) in [6.45, 7) is 3.67. The van der Waals surface area contributed by atoms with Crippen LogP contribution >= 0.6 is 22.7 Å². The van der Waals surface area contributed by atoms with Crippen molar-refractivity contribution in [2.24, 2.45) is 0 Å². The fourth-order valence-electron chi connectivity index (χ4n) is 2.72. The maximum absolute atomic E-state index is 14.0. The number of thiophene rings is 1. The van der Waals surface area contributed by atoms with Crippen molar-refractivity contribution in [2.45, 2.75) is 33.2 Å². The molecule has 0 unspecified atom stereocenters. The first-order valence-corrected chi connectivity index (χ1v) is 10.4. The molecule has 1 amide bonds. The first-order chi connectivity index (χ1) is 13.8. The van der Waals surface area contributed by atoms with E-state index in [1.807, 2.05) is 18.4 Å². The normalized spacial score (nSPS) is 11.1. The topological polar surface area (TPSA) is 59.5 Å². The number of ether oxygens (including phenoxy) is 1. The zero-order chi connectivity index (χ0) is 21.1. The second-order valence-electron chi connectivity index (χ2n) is 6.13. The molecular weight excluding hydrogens is 425 g/mol. The number of nitrogens with zero attached hydrogens (tertiary/aromatic N) is 2. The smallest absolute Gasteiger partial charge is 0.306 e. The predicted molar refractivity (Wildman–Crippen MR) is 106 cm³/mol. The summed E-state index contributed by atoms with van der Waals surface area (Å²) in [5.41, 5.74) is 0.438. The number of anilines is 1. The van der Waals surface area contributed by atoms with E-state index in [2.05, 4.69) is 4.98 Å². The Morgan fingerprint density at radius 1 is 1.21 bits per heavy atom. The minimum absolute atomic E-state index is 0.0527. The fourth-order valence-corrected chi connectivity index (χ4v) is 4.63. The van der Waals surface area contributed by atoms with Crippen molar-refractivity contribution in [2.75, 3.05) is 11.5 Å². The van der Waals surface area contributed by atoms with Gasteiger partial charge in [-0.2, -0.15) is 0 Å². The number of rotatable bonds is 7. The average molecular weight is 442 g/mol. The molecule has 154 valence electrons. The van der Waals surface area contributed by atoms with Crippen LogP contribution in [0.3, 0.4) is 0 Å². The van der Waals surface area contributed by atoms with E-state index in [9.17, 15) is 22.8 Å². The number of benzene rings is 1. The molecule has 0 aliphatic rings. The Hall–Kier alpha value is -2.46. The summed E-state index contributed by atoms with van der Waals surface area (Å²) >= 11 is 2.18. The van der Waals surface area contributed by atoms with Crippen LogP contribution in [0.25, 0.3) is 10.2 Å². The van der Waals surface area contributed by atoms with Crippen molar-refractivity contribution >= 4 is 49.8 Å². The number of thiazole rings is 1. The Morgan fingerprint density at radius 2 is 1.97 bits per heavy atom. The highest BCUT2D eigenvalue weighted by Gasteiger charge is 2.24. The van der Waals surface area contributed by atoms with Crippen molar-refractivity contribution in [3.8, 4) is 0 Å². The van der Waals surface area contributed by atoms with E-state index in [1.165, 1.54) is 16.2 Å². The summed E-state index contributed by atoms with van der Waals surface area (Å²) in [6, 6.07) is 2.31. The van der Waals surface area contributed by atoms with Gasteiger partial charge in [0.2, 0.25) is 5.91 Å². The van der Waals surface area contributed by atoms with Crippen molar-refractivity contribution in [3.05, 3.63) is 45.5 Å². The largest absolute Gasteiger partial charge is 0.466 e. The van der Waals surface area contributed by atoms with Gasteiger partial charge in [-0.15, -0.1) is 22.7 Å². The third kappa shape index (κ3) is 4.59. The quantitative estimate of drug-likeness (QED) is 0.383. The number of esters is 1. The molecule has 1 aromatic carbocycles. The van der Waals surface area contributed by atoms with Crippen LogP contribution in [0.1, 0.15) is 30.3 Å². The minimum Gasteiger partial charge on any atom is -0.466 e. The molecule has 2 heterocycles. The SMILES string of the molecule is CCOC(=O)CCC(=O)N(Cc1nc2c(F)c(F)cc(F)c2s1)c1sccc1C. The first kappa shape index (κ1) is 21.3. The molecule has 10 heteroatoms. The highest BCUT2D eigenvalue weighted by atomic mass is 32.1. The van der Waals surface area contributed by atoms with Gasteiger partial charge < -0.3 is 4.74 Å². The van der Waals surface area contributed by atoms with E-state index in [4.69, 9.17) is 4.74 Å². The number of halogens is 3. The van der Waals surface area contributed by atoms with E-state index in [0.717, 1.165) is 16.9 Å². The predicted octanol–water partition coefficient (Wildman–Crippen LogP) is 4.96. The Labute approximate surface area is 172 Å². The van der Waals surface area contributed by atoms with E-state index < -0.39 is 28.9 Å². The molecule has 3 rings (SSSR count). The van der Waals surface area contributed by atoms with Crippen LogP contribution in [0.4, 0.5) is 18.2 Å². The molecule has 0 aliphatic heterocycles. The molecule has 0 atom stereocenters. The second kappa shape index (κ2) is 8.91. The third-order valence-electron chi connectivity index (χ3n) is 4.08. The lowest BCUT2D eigenvalue weighted by molar-refractivity contribution is -0.144. The molecule has 0 saturated carbocycles. The molecule has 0 saturated heterocycles. The highest BCUT2D eigenvalue weighted by molar-refractivity contribution is 7.18. The number of fused-ring (bicyclic) bond motifs is 1. The van der Waals surface area contributed by atoms with E-state index in [0.29, 0.717) is 11.1 Å². The summed E-state index contributed by atoms with van der Waals surface area (Å²) < 4.78 is 46.2. The van der Waals surface area contributed by atoms with Crippen molar-refractivity contribution < 1.29 is 27.5 Å². The molecule has 0 aliphatic carbocycles. The summed E-state index contributed by atoms with van der Waals surface area (Å²) in [5.74, 6) is -4.28. The van der Waals surface area contributed by atoms with Crippen LogP contribution in [-0.4, -0.2) is 23.5 Å². The summed E-state index contributed by atoms with van der Waals surface area (Å²) in [7, 11) is 0. The van der Waals surface area contributed by atoms with Crippen LogP contribution in [-0.2, 0) is 20.9 Å².